The highest BCUT2D eigenvalue weighted by atomic mass is 32.2. The van der Waals surface area contributed by atoms with Crippen LogP contribution in [0.25, 0.3) is 11.1 Å². The second-order valence-electron chi connectivity index (χ2n) is 7.72. The number of nitrogens with one attached hydrogen (secondary N) is 1. The van der Waals surface area contributed by atoms with Crippen molar-refractivity contribution in [1.82, 2.24) is 5.32 Å². The summed E-state index contributed by atoms with van der Waals surface area (Å²) in [6, 6.07) is 21.0. The van der Waals surface area contributed by atoms with E-state index in [1.807, 2.05) is 37.3 Å². The first-order valence-electron chi connectivity index (χ1n) is 10.6. The van der Waals surface area contributed by atoms with Gasteiger partial charge in [0.15, 0.2) is 0 Å². The molecule has 0 saturated heterocycles. The number of anilines is 1. The zero-order valence-electron chi connectivity index (χ0n) is 18.2. The Morgan fingerprint density at radius 3 is 2.50 bits per heavy atom. The summed E-state index contributed by atoms with van der Waals surface area (Å²) in [6.45, 7) is 4.32. The van der Waals surface area contributed by atoms with E-state index < -0.39 is 10.0 Å². The Morgan fingerprint density at radius 2 is 1.75 bits per heavy atom. The van der Waals surface area contributed by atoms with E-state index in [0.29, 0.717) is 23.5 Å². The molecular formula is C25H26N2O3S2. The van der Waals surface area contributed by atoms with E-state index in [1.54, 1.807) is 23.9 Å². The molecule has 1 aliphatic rings. The fourth-order valence-corrected chi connectivity index (χ4v) is 6.17. The molecule has 1 heterocycles. The maximum absolute atomic E-state index is 13.3. The second-order valence-corrected chi connectivity index (χ2v) is 10.7. The van der Waals surface area contributed by atoms with Gasteiger partial charge in [-0.25, -0.2) is 8.42 Å². The normalized spacial score (nSPS) is 13.9. The van der Waals surface area contributed by atoms with Gasteiger partial charge in [-0.2, -0.15) is 0 Å². The zero-order valence-corrected chi connectivity index (χ0v) is 19.8. The van der Waals surface area contributed by atoms with Gasteiger partial charge in [0.2, 0.25) is 5.91 Å². The van der Waals surface area contributed by atoms with Gasteiger partial charge in [-0.05, 0) is 49.2 Å². The molecule has 5 nitrogen and oxygen atoms in total. The number of fused-ring (bicyclic) bond motifs is 3. The number of amides is 1. The summed E-state index contributed by atoms with van der Waals surface area (Å²) in [5.41, 5.74) is 4.40. The lowest BCUT2D eigenvalue weighted by molar-refractivity contribution is -0.119. The first-order valence-corrected chi connectivity index (χ1v) is 13.0. The highest BCUT2D eigenvalue weighted by molar-refractivity contribution is 7.99. The third-order valence-corrected chi connectivity index (χ3v) is 8.32. The summed E-state index contributed by atoms with van der Waals surface area (Å²) in [4.78, 5) is 14.1. The van der Waals surface area contributed by atoms with Crippen LogP contribution in [0.3, 0.4) is 0 Å². The van der Waals surface area contributed by atoms with Crippen LogP contribution in [0.4, 0.5) is 5.69 Å². The zero-order chi connectivity index (χ0) is 22.7. The average Bonchev–Trinajstić information content (AvgIpc) is 2.80. The van der Waals surface area contributed by atoms with Crippen molar-refractivity contribution in [1.29, 1.82) is 0 Å². The Labute approximate surface area is 193 Å². The quantitative estimate of drug-likeness (QED) is 0.407. The van der Waals surface area contributed by atoms with E-state index >= 15 is 0 Å². The summed E-state index contributed by atoms with van der Waals surface area (Å²) < 4.78 is 27.9. The van der Waals surface area contributed by atoms with Crippen molar-refractivity contribution in [2.45, 2.75) is 30.1 Å². The molecule has 0 aliphatic carbocycles. The van der Waals surface area contributed by atoms with Gasteiger partial charge in [-0.1, -0.05) is 48.9 Å². The van der Waals surface area contributed by atoms with E-state index in [4.69, 9.17) is 0 Å². The molecule has 3 aromatic carbocycles. The fraction of sp³-hybridized carbons (Fsp3) is 0.240. The Balaban J connectivity index is 1.49. The van der Waals surface area contributed by atoms with Gasteiger partial charge in [-0.3, -0.25) is 9.10 Å². The molecule has 4 rings (SSSR count). The molecule has 3 aromatic rings. The molecule has 166 valence electrons. The standard InChI is InChI=1S/C25H26N2O3S2/c1-3-19-10-13-23-22(16-19)21-6-4-5-7-24(21)32(29,30)27(23)17-25(28)26-14-15-31-20-11-8-18(2)9-12-20/h4-13,16H,3,14-15,17H2,1-2H3,(H,26,28). The Bertz CT molecular complexity index is 1240. The van der Waals surface area contributed by atoms with Crippen molar-refractivity contribution in [3.05, 3.63) is 77.9 Å². The minimum Gasteiger partial charge on any atom is -0.354 e. The van der Waals surface area contributed by atoms with Crippen molar-refractivity contribution in [2.75, 3.05) is 23.1 Å². The molecule has 0 aromatic heterocycles. The average molecular weight is 467 g/mol. The highest BCUT2D eigenvalue weighted by Crippen LogP contribution is 2.43. The minimum atomic E-state index is -3.82. The molecule has 0 spiro atoms. The van der Waals surface area contributed by atoms with Gasteiger partial charge in [0.25, 0.3) is 10.0 Å². The molecule has 0 radical (unpaired) electrons. The van der Waals surface area contributed by atoms with Crippen LogP contribution in [-0.4, -0.2) is 33.2 Å². The lowest BCUT2D eigenvalue weighted by atomic mass is 9.99. The largest absolute Gasteiger partial charge is 0.354 e. The van der Waals surface area contributed by atoms with Gasteiger partial charge in [0.05, 0.1) is 10.6 Å². The van der Waals surface area contributed by atoms with Gasteiger partial charge in [0, 0.05) is 28.3 Å². The van der Waals surface area contributed by atoms with Gasteiger partial charge in [0.1, 0.15) is 6.54 Å². The Kier molecular flexibility index (Phi) is 6.58. The van der Waals surface area contributed by atoms with E-state index in [-0.39, 0.29) is 17.3 Å². The summed E-state index contributed by atoms with van der Waals surface area (Å²) in [6.07, 6.45) is 0.849. The summed E-state index contributed by atoms with van der Waals surface area (Å²) >= 11 is 1.65. The molecule has 0 unspecified atom stereocenters. The molecule has 1 aliphatic heterocycles. The van der Waals surface area contributed by atoms with Crippen LogP contribution in [0.15, 0.2) is 76.5 Å². The number of hydrogen-bond acceptors (Lipinski definition) is 4. The fourth-order valence-electron chi connectivity index (χ4n) is 3.75. The number of benzene rings is 3. The maximum Gasteiger partial charge on any atom is 0.265 e. The monoisotopic (exact) mass is 466 g/mol. The van der Waals surface area contributed by atoms with Crippen LogP contribution < -0.4 is 9.62 Å². The Morgan fingerprint density at radius 1 is 1.00 bits per heavy atom. The third kappa shape index (κ3) is 4.54. The Hall–Kier alpha value is -2.77. The molecule has 7 heteroatoms. The minimum absolute atomic E-state index is 0.239. The number of carbonyl (C=O) groups excluding carboxylic acids is 1. The van der Waals surface area contributed by atoms with Crippen molar-refractivity contribution < 1.29 is 13.2 Å². The summed E-state index contributed by atoms with van der Waals surface area (Å²) in [7, 11) is -3.82. The van der Waals surface area contributed by atoms with E-state index in [2.05, 4.69) is 36.5 Å². The SMILES string of the molecule is CCc1ccc2c(c1)-c1ccccc1S(=O)(=O)N2CC(=O)NCCSc1ccc(C)cc1. The van der Waals surface area contributed by atoms with Crippen molar-refractivity contribution in [2.24, 2.45) is 0 Å². The molecule has 32 heavy (non-hydrogen) atoms. The van der Waals surface area contributed by atoms with Crippen LogP contribution in [-0.2, 0) is 21.2 Å². The molecule has 0 bridgehead atoms. The van der Waals surface area contributed by atoms with Crippen molar-refractivity contribution in [3.8, 4) is 11.1 Å². The molecular weight excluding hydrogens is 440 g/mol. The number of aryl methyl sites for hydroxylation is 2. The smallest absolute Gasteiger partial charge is 0.265 e. The van der Waals surface area contributed by atoms with Crippen LogP contribution >= 0.6 is 11.8 Å². The number of hydrogen-bond donors (Lipinski definition) is 1. The topological polar surface area (TPSA) is 66.5 Å². The van der Waals surface area contributed by atoms with Crippen molar-refractivity contribution >= 4 is 33.4 Å². The number of sulfonamides is 1. The predicted molar refractivity (Wildman–Crippen MR) is 131 cm³/mol. The first kappa shape index (κ1) is 22.4. The number of rotatable bonds is 7. The number of carbonyl (C=O) groups is 1. The van der Waals surface area contributed by atoms with Gasteiger partial charge < -0.3 is 5.32 Å². The predicted octanol–water partition coefficient (Wildman–Crippen LogP) is 4.64. The van der Waals surface area contributed by atoms with Crippen LogP contribution in [0.2, 0.25) is 0 Å². The highest BCUT2D eigenvalue weighted by Gasteiger charge is 2.35. The number of nitrogens with zero attached hydrogens (tertiary/aromatic N) is 1. The molecule has 0 fully saturated rings. The summed E-state index contributed by atoms with van der Waals surface area (Å²) in [5.74, 6) is 0.392. The number of thioether (sulfide) groups is 1. The summed E-state index contributed by atoms with van der Waals surface area (Å²) in [5, 5.41) is 2.86. The van der Waals surface area contributed by atoms with E-state index in [1.165, 1.54) is 9.87 Å². The molecule has 1 N–H and O–H groups in total. The molecule has 1 amide bonds. The molecule has 0 saturated carbocycles. The lowest BCUT2D eigenvalue weighted by Gasteiger charge is -2.32. The first-order chi connectivity index (χ1) is 15.4. The van der Waals surface area contributed by atoms with Gasteiger partial charge in [-0.15, -0.1) is 11.8 Å². The van der Waals surface area contributed by atoms with Crippen LogP contribution in [0.1, 0.15) is 18.1 Å². The third-order valence-electron chi connectivity index (χ3n) is 5.48. The second kappa shape index (κ2) is 9.38. The maximum atomic E-state index is 13.3. The van der Waals surface area contributed by atoms with Gasteiger partial charge >= 0.3 is 0 Å². The van der Waals surface area contributed by atoms with E-state index in [0.717, 1.165) is 22.4 Å². The van der Waals surface area contributed by atoms with Crippen LogP contribution in [0.5, 0.6) is 0 Å². The van der Waals surface area contributed by atoms with Crippen LogP contribution in [0, 0.1) is 6.92 Å². The van der Waals surface area contributed by atoms with Crippen molar-refractivity contribution in [3.63, 3.8) is 0 Å². The molecule has 0 atom stereocenters. The lowest BCUT2D eigenvalue weighted by Crippen LogP contribution is -2.43. The van der Waals surface area contributed by atoms with E-state index in [9.17, 15) is 13.2 Å².